The molecule has 4 fully saturated rings. The third-order valence-corrected chi connectivity index (χ3v) is 10.7. The Balaban J connectivity index is 1.16. The highest BCUT2D eigenvalue weighted by Gasteiger charge is 2.55. The molecule has 1 amide bonds. The van der Waals surface area contributed by atoms with E-state index in [1.807, 2.05) is 6.07 Å². The first-order valence-electron chi connectivity index (χ1n) is 13.8. The number of amides is 1. The molecule has 1 unspecified atom stereocenters. The first-order valence-corrected chi connectivity index (χ1v) is 15.3. The summed E-state index contributed by atoms with van der Waals surface area (Å²) in [5.41, 5.74) is 7.21. The predicted octanol–water partition coefficient (Wildman–Crippen LogP) is 2.96. The summed E-state index contributed by atoms with van der Waals surface area (Å²) in [4.78, 5) is 17.2. The van der Waals surface area contributed by atoms with Crippen LogP contribution in [-0.4, -0.2) is 46.2 Å². The number of nitrogens with one attached hydrogen (secondary N) is 2. The minimum Gasteiger partial charge on any atom is -0.494 e. The van der Waals surface area contributed by atoms with Crippen molar-refractivity contribution in [2.75, 3.05) is 6.54 Å². The van der Waals surface area contributed by atoms with Crippen LogP contribution in [0.2, 0.25) is 0 Å². The number of nitrogens with two attached hydrogens (primary N) is 1. The van der Waals surface area contributed by atoms with E-state index >= 15 is 0 Å². The largest absolute Gasteiger partial charge is 0.494 e. The van der Waals surface area contributed by atoms with Crippen molar-refractivity contribution in [1.29, 1.82) is 0 Å². The normalized spacial score (nSPS) is 27.9. The summed E-state index contributed by atoms with van der Waals surface area (Å²) >= 11 is 0. The van der Waals surface area contributed by atoms with Crippen LogP contribution in [0.15, 0.2) is 65.7 Å². The second-order valence-electron chi connectivity index (χ2n) is 11.7. The summed E-state index contributed by atoms with van der Waals surface area (Å²) in [6.07, 6.45) is 6.94. The van der Waals surface area contributed by atoms with Gasteiger partial charge in [-0.15, -0.1) is 0 Å². The third-order valence-electron chi connectivity index (χ3n) is 9.24. The number of carbonyl (C=O) groups is 1. The van der Waals surface area contributed by atoms with E-state index < -0.39 is 21.6 Å². The van der Waals surface area contributed by atoms with Crippen LogP contribution >= 0.6 is 0 Å². The van der Waals surface area contributed by atoms with Crippen LogP contribution < -0.4 is 15.8 Å². The Morgan fingerprint density at radius 1 is 0.975 bits per heavy atom. The topological polar surface area (TPSA) is 160 Å². The number of rotatable bonds is 9. The second-order valence-corrected chi connectivity index (χ2v) is 13.4. The number of carbonyl (C=O) groups excluding carboxylic acids is 1. The minimum atomic E-state index is -4.07. The molecule has 1 atom stereocenters. The van der Waals surface area contributed by atoms with Crippen molar-refractivity contribution in [3.05, 3.63) is 66.4 Å². The number of aromatic nitrogens is 2. The highest BCUT2D eigenvalue weighted by atomic mass is 32.2. The van der Waals surface area contributed by atoms with Crippen LogP contribution in [0, 0.1) is 23.7 Å². The number of pyridine rings is 1. The van der Waals surface area contributed by atoms with E-state index in [1.165, 1.54) is 30.7 Å². The lowest BCUT2D eigenvalue weighted by molar-refractivity contribution is -0.123. The average Bonchev–Trinajstić information content (AvgIpc) is 3.28. The molecule has 2 aromatic heterocycles. The van der Waals surface area contributed by atoms with Gasteiger partial charge in [-0.3, -0.25) is 4.79 Å². The van der Waals surface area contributed by atoms with Gasteiger partial charge < -0.3 is 21.3 Å². The van der Waals surface area contributed by atoms with E-state index in [0.717, 1.165) is 48.3 Å². The summed E-state index contributed by atoms with van der Waals surface area (Å²) < 4.78 is 30.4. The van der Waals surface area contributed by atoms with Crippen LogP contribution in [0.4, 0.5) is 0 Å². The molecule has 0 radical (unpaired) electrons. The molecule has 4 bridgehead atoms. The SMILES string of the molecule is NC1(CNC(=O)CC(NS(=O)(=O)c2ccc(-n3c(O)ccc3O)nc2)c2ccccc2)C2CC3CC(C2)CC1C3. The quantitative estimate of drug-likeness (QED) is 0.267. The smallest absolute Gasteiger partial charge is 0.242 e. The van der Waals surface area contributed by atoms with E-state index in [4.69, 9.17) is 5.73 Å². The molecule has 0 spiro atoms. The van der Waals surface area contributed by atoms with E-state index in [0.29, 0.717) is 23.9 Å². The number of nitrogens with zero attached hydrogens (tertiary/aromatic N) is 2. The number of sulfonamides is 1. The summed E-state index contributed by atoms with van der Waals surface area (Å²) in [6, 6.07) is 13.5. The van der Waals surface area contributed by atoms with Gasteiger partial charge in [0.1, 0.15) is 10.7 Å². The Bertz CT molecular complexity index is 1440. The number of hydrogen-bond donors (Lipinski definition) is 5. The van der Waals surface area contributed by atoms with Gasteiger partial charge in [0.2, 0.25) is 15.9 Å². The van der Waals surface area contributed by atoms with Gasteiger partial charge in [-0.2, -0.15) is 0 Å². The highest BCUT2D eigenvalue weighted by Crippen LogP contribution is 2.57. The molecular weight excluding hydrogens is 530 g/mol. The highest BCUT2D eigenvalue weighted by molar-refractivity contribution is 7.89. The minimum absolute atomic E-state index is 0.0868. The third kappa shape index (κ3) is 4.97. The van der Waals surface area contributed by atoms with Crippen molar-refractivity contribution in [2.24, 2.45) is 29.4 Å². The molecule has 7 rings (SSSR count). The second kappa shape index (κ2) is 10.2. The van der Waals surface area contributed by atoms with Gasteiger partial charge in [0, 0.05) is 36.8 Å². The van der Waals surface area contributed by atoms with E-state index in [9.17, 15) is 23.4 Å². The summed E-state index contributed by atoms with van der Waals surface area (Å²) in [5.74, 6) is 1.82. The molecule has 2 heterocycles. The van der Waals surface area contributed by atoms with Crippen molar-refractivity contribution in [2.45, 2.75) is 55.0 Å². The van der Waals surface area contributed by atoms with Crippen molar-refractivity contribution in [3.63, 3.8) is 0 Å². The molecule has 3 aromatic rings. The molecule has 11 heteroatoms. The Kier molecular flexibility index (Phi) is 6.84. The molecule has 1 aromatic carbocycles. The van der Waals surface area contributed by atoms with Gasteiger partial charge in [-0.25, -0.2) is 22.7 Å². The standard InChI is InChI=1S/C29H35N5O5S/c30-29(21-11-18-10-19(13-21)14-22(29)12-18)17-32-26(35)15-24(20-4-2-1-3-5-20)33-40(38,39)23-6-7-25(31-16-23)34-27(36)8-9-28(34)37/h1-9,16,18-19,21-22,24,33,36-37H,10-15,17,30H2,(H,32,35). The Morgan fingerprint density at radius 2 is 1.60 bits per heavy atom. The van der Waals surface area contributed by atoms with Gasteiger partial charge in [0.25, 0.3) is 0 Å². The zero-order chi connectivity index (χ0) is 28.1. The molecule has 0 saturated heterocycles. The lowest BCUT2D eigenvalue weighted by atomic mass is 9.49. The lowest BCUT2D eigenvalue weighted by Gasteiger charge is -2.59. The Morgan fingerprint density at radius 3 is 2.17 bits per heavy atom. The zero-order valence-corrected chi connectivity index (χ0v) is 22.9. The summed E-state index contributed by atoms with van der Waals surface area (Å²) in [6.45, 7) is 0.402. The van der Waals surface area contributed by atoms with Gasteiger partial charge >= 0.3 is 0 Å². The average molecular weight is 566 g/mol. The maximum absolute atomic E-state index is 13.3. The van der Waals surface area contributed by atoms with Crippen LogP contribution in [0.5, 0.6) is 11.8 Å². The number of hydrogen-bond acceptors (Lipinski definition) is 7. The Hall–Kier alpha value is -3.41. The molecule has 4 aliphatic rings. The van der Waals surface area contributed by atoms with Crippen LogP contribution in [0.1, 0.15) is 50.1 Å². The zero-order valence-electron chi connectivity index (χ0n) is 22.1. The number of benzene rings is 1. The van der Waals surface area contributed by atoms with E-state index in [1.54, 1.807) is 24.3 Å². The van der Waals surface area contributed by atoms with Gasteiger partial charge in [-0.05, 0) is 73.5 Å². The molecule has 4 aliphatic carbocycles. The maximum Gasteiger partial charge on any atom is 0.242 e. The van der Waals surface area contributed by atoms with E-state index in [2.05, 4.69) is 15.0 Å². The first kappa shape index (κ1) is 26.8. The van der Waals surface area contributed by atoms with Gasteiger partial charge in [0.15, 0.2) is 11.8 Å². The van der Waals surface area contributed by atoms with Gasteiger partial charge in [0.05, 0.1) is 6.04 Å². The monoisotopic (exact) mass is 565 g/mol. The fourth-order valence-electron chi connectivity index (χ4n) is 7.34. The lowest BCUT2D eigenvalue weighted by Crippen LogP contribution is -2.67. The van der Waals surface area contributed by atoms with Gasteiger partial charge in [-0.1, -0.05) is 30.3 Å². The fraction of sp³-hybridized carbons (Fsp3) is 0.448. The first-order chi connectivity index (χ1) is 19.1. The van der Waals surface area contributed by atoms with Crippen molar-refractivity contribution >= 4 is 15.9 Å². The van der Waals surface area contributed by atoms with Crippen molar-refractivity contribution in [1.82, 2.24) is 19.6 Å². The number of aromatic hydroxyl groups is 2. The Labute approximate surface area is 233 Å². The van der Waals surface area contributed by atoms with Crippen molar-refractivity contribution in [3.8, 4) is 17.6 Å². The molecule has 4 saturated carbocycles. The summed E-state index contributed by atoms with van der Waals surface area (Å²) in [7, 11) is -4.07. The molecule has 6 N–H and O–H groups in total. The maximum atomic E-state index is 13.3. The molecule has 10 nitrogen and oxygen atoms in total. The van der Waals surface area contributed by atoms with Crippen LogP contribution in [-0.2, 0) is 14.8 Å². The van der Waals surface area contributed by atoms with Crippen LogP contribution in [0.3, 0.4) is 0 Å². The van der Waals surface area contributed by atoms with E-state index in [-0.39, 0.29) is 34.8 Å². The predicted molar refractivity (Wildman–Crippen MR) is 148 cm³/mol. The molecule has 212 valence electrons. The molecule has 40 heavy (non-hydrogen) atoms. The fourth-order valence-corrected chi connectivity index (χ4v) is 8.51. The molecular formula is C29H35N5O5S. The summed E-state index contributed by atoms with van der Waals surface area (Å²) in [5, 5.41) is 22.9. The van der Waals surface area contributed by atoms with Crippen LogP contribution in [0.25, 0.3) is 5.82 Å². The van der Waals surface area contributed by atoms with Crippen molar-refractivity contribution < 1.29 is 23.4 Å². The molecule has 0 aliphatic heterocycles.